The number of hydrogen-bond acceptors (Lipinski definition) is 5. The van der Waals surface area contributed by atoms with Gasteiger partial charge in [-0.3, -0.25) is 14.4 Å². The number of fused-ring (bicyclic) bond motifs is 7. The first-order chi connectivity index (χ1) is 18.6. The molecule has 0 aromatic rings. The van der Waals surface area contributed by atoms with Crippen molar-refractivity contribution in [1.82, 2.24) is 5.32 Å². The van der Waals surface area contributed by atoms with Crippen LogP contribution in [-0.2, 0) is 23.9 Å². The molecule has 6 nitrogen and oxygen atoms in total. The lowest BCUT2D eigenvalue weighted by Gasteiger charge is -2.72. The standard InChI is InChI=1S/C34H55NO5/c1-20(35-21(2)36)23-12-17-34(29(38)39-9)19-18-32(7)24(28(23)34)10-11-26-31(6)15-14-27(40-22(3)37)30(4,5)25(31)13-16-33(26,32)8/h20,23-28H,10-19H2,1-9H3,(H,35,36)/t20-,23-,24+,25-,26+,27-,28+,31-,32+,33+,34-/m0/s1. The van der Waals surface area contributed by atoms with Gasteiger partial charge in [-0.1, -0.05) is 34.6 Å². The van der Waals surface area contributed by atoms with Gasteiger partial charge in [-0.15, -0.1) is 0 Å². The number of amides is 1. The summed E-state index contributed by atoms with van der Waals surface area (Å²) in [7, 11) is 1.56. The number of esters is 2. The second-order valence-electron chi connectivity index (χ2n) is 16.0. The quantitative estimate of drug-likeness (QED) is 0.389. The maximum absolute atomic E-state index is 13.6. The average molecular weight is 558 g/mol. The van der Waals surface area contributed by atoms with Crippen LogP contribution in [0.4, 0.5) is 0 Å². The van der Waals surface area contributed by atoms with Gasteiger partial charge in [0.05, 0.1) is 12.5 Å². The number of nitrogens with one attached hydrogen (secondary N) is 1. The minimum absolute atomic E-state index is 0.00975. The van der Waals surface area contributed by atoms with Gasteiger partial charge in [-0.2, -0.15) is 0 Å². The van der Waals surface area contributed by atoms with E-state index in [0.29, 0.717) is 17.8 Å². The van der Waals surface area contributed by atoms with E-state index in [0.717, 1.165) is 51.4 Å². The zero-order valence-corrected chi connectivity index (χ0v) is 26.7. The minimum atomic E-state index is -0.426. The molecule has 5 fully saturated rings. The summed E-state index contributed by atoms with van der Waals surface area (Å²) in [6, 6.07) is 0.0486. The van der Waals surface area contributed by atoms with Crippen molar-refractivity contribution in [1.29, 1.82) is 0 Å². The summed E-state index contributed by atoms with van der Waals surface area (Å²) >= 11 is 0. The van der Waals surface area contributed by atoms with Gasteiger partial charge in [0, 0.05) is 25.3 Å². The van der Waals surface area contributed by atoms with Gasteiger partial charge in [-0.05, 0) is 117 Å². The minimum Gasteiger partial charge on any atom is -0.469 e. The van der Waals surface area contributed by atoms with Crippen LogP contribution >= 0.6 is 0 Å². The van der Waals surface area contributed by atoms with E-state index in [1.807, 2.05) is 0 Å². The van der Waals surface area contributed by atoms with Crippen LogP contribution in [0.15, 0.2) is 0 Å². The van der Waals surface area contributed by atoms with Gasteiger partial charge < -0.3 is 14.8 Å². The predicted molar refractivity (Wildman–Crippen MR) is 155 cm³/mol. The molecule has 0 heterocycles. The summed E-state index contributed by atoms with van der Waals surface area (Å²) in [4.78, 5) is 37.6. The van der Waals surface area contributed by atoms with Crippen molar-refractivity contribution in [2.24, 2.45) is 56.7 Å². The Labute approximate surface area is 242 Å². The SMILES string of the molecule is COC(=O)[C@]12CC[C@@H]([C@H](C)NC(C)=O)[C@@H]1[C@H]1CC[C@@H]3[C@@]4(C)CC[C@H](OC(C)=O)C(C)(C)[C@@H]4CC[C@@]3(C)[C@]1(C)CC2. The molecule has 1 amide bonds. The molecule has 0 radical (unpaired) electrons. The lowest BCUT2D eigenvalue weighted by Crippen LogP contribution is -2.67. The number of hydrogen-bond donors (Lipinski definition) is 1. The molecule has 5 saturated carbocycles. The molecule has 11 atom stereocenters. The predicted octanol–water partition coefficient (Wildman–Crippen LogP) is 6.70. The van der Waals surface area contributed by atoms with E-state index < -0.39 is 5.41 Å². The molecule has 5 aliphatic rings. The highest BCUT2D eigenvalue weighted by Gasteiger charge is 2.72. The topological polar surface area (TPSA) is 81.7 Å². The molecule has 6 heteroatoms. The van der Waals surface area contributed by atoms with Gasteiger partial charge >= 0.3 is 11.9 Å². The largest absolute Gasteiger partial charge is 0.469 e. The van der Waals surface area contributed by atoms with Crippen molar-refractivity contribution in [3.05, 3.63) is 0 Å². The van der Waals surface area contributed by atoms with Crippen molar-refractivity contribution < 1.29 is 23.9 Å². The zero-order valence-electron chi connectivity index (χ0n) is 26.7. The highest BCUT2D eigenvalue weighted by molar-refractivity contribution is 5.78. The maximum Gasteiger partial charge on any atom is 0.312 e. The Morgan fingerprint density at radius 2 is 1.50 bits per heavy atom. The van der Waals surface area contributed by atoms with Crippen molar-refractivity contribution in [3.63, 3.8) is 0 Å². The molecule has 0 aromatic heterocycles. The lowest BCUT2D eigenvalue weighted by molar-refractivity contribution is -0.251. The Morgan fingerprint density at radius 1 is 0.800 bits per heavy atom. The summed E-state index contributed by atoms with van der Waals surface area (Å²) in [5, 5.41) is 3.21. The van der Waals surface area contributed by atoms with E-state index in [9.17, 15) is 14.4 Å². The first-order valence-corrected chi connectivity index (χ1v) is 16.1. The van der Waals surface area contributed by atoms with Gasteiger partial charge in [-0.25, -0.2) is 0 Å². The molecule has 0 bridgehead atoms. The third-order valence-corrected chi connectivity index (χ3v) is 14.4. The number of carbonyl (C=O) groups is 3. The fraction of sp³-hybridized carbons (Fsp3) is 0.912. The lowest BCUT2D eigenvalue weighted by atomic mass is 9.32. The van der Waals surface area contributed by atoms with Crippen molar-refractivity contribution in [2.75, 3.05) is 7.11 Å². The molecular formula is C34H55NO5. The zero-order chi connectivity index (χ0) is 29.5. The smallest absolute Gasteiger partial charge is 0.312 e. The molecule has 5 rings (SSSR count). The van der Waals surface area contributed by atoms with Crippen LogP contribution in [0.3, 0.4) is 0 Å². The van der Waals surface area contributed by atoms with Gasteiger partial charge in [0.25, 0.3) is 0 Å². The molecule has 0 unspecified atom stereocenters. The Balaban J connectivity index is 1.52. The third-order valence-electron chi connectivity index (χ3n) is 14.4. The number of ether oxygens (including phenoxy) is 2. The molecular weight excluding hydrogens is 502 g/mol. The van der Waals surface area contributed by atoms with Crippen LogP contribution in [0.1, 0.15) is 120 Å². The first kappa shape index (κ1) is 29.9. The van der Waals surface area contributed by atoms with Crippen LogP contribution < -0.4 is 5.32 Å². The van der Waals surface area contributed by atoms with Gasteiger partial charge in [0.1, 0.15) is 6.10 Å². The molecule has 0 aliphatic heterocycles. The van der Waals surface area contributed by atoms with Gasteiger partial charge in [0.2, 0.25) is 5.91 Å². The summed E-state index contributed by atoms with van der Waals surface area (Å²) in [5.41, 5.74) is 0.0373. The van der Waals surface area contributed by atoms with E-state index in [1.54, 1.807) is 21.0 Å². The molecule has 226 valence electrons. The Morgan fingerprint density at radius 3 is 2.12 bits per heavy atom. The van der Waals surface area contributed by atoms with E-state index >= 15 is 0 Å². The Hall–Kier alpha value is -1.59. The fourth-order valence-electron chi connectivity index (χ4n) is 12.6. The van der Waals surface area contributed by atoms with Crippen LogP contribution in [0.25, 0.3) is 0 Å². The molecule has 0 aromatic carbocycles. The van der Waals surface area contributed by atoms with E-state index in [2.05, 4.69) is 46.9 Å². The highest BCUT2D eigenvalue weighted by atomic mass is 16.5. The van der Waals surface area contributed by atoms with Crippen LogP contribution in [0.5, 0.6) is 0 Å². The summed E-state index contributed by atoms with van der Waals surface area (Å²) in [6.45, 7) is 17.7. The van der Waals surface area contributed by atoms with Crippen molar-refractivity contribution in [2.45, 2.75) is 132 Å². The second-order valence-corrected chi connectivity index (χ2v) is 16.0. The third kappa shape index (κ3) is 3.96. The number of methoxy groups -OCH3 is 1. The second kappa shape index (κ2) is 9.73. The van der Waals surface area contributed by atoms with Crippen LogP contribution in [-0.4, -0.2) is 37.1 Å². The summed E-state index contributed by atoms with van der Waals surface area (Å²) in [5.74, 6) is 1.92. The molecule has 0 saturated heterocycles. The summed E-state index contributed by atoms with van der Waals surface area (Å²) in [6.07, 6.45) is 10.5. The maximum atomic E-state index is 13.6. The van der Waals surface area contributed by atoms with E-state index in [1.165, 1.54) is 12.8 Å². The average Bonchev–Trinajstić information content (AvgIpc) is 3.26. The molecule has 5 aliphatic carbocycles. The monoisotopic (exact) mass is 557 g/mol. The Bertz CT molecular complexity index is 1050. The molecule has 0 spiro atoms. The van der Waals surface area contributed by atoms with Crippen molar-refractivity contribution in [3.8, 4) is 0 Å². The van der Waals surface area contributed by atoms with Crippen LogP contribution in [0, 0.1) is 56.7 Å². The van der Waals surface area contributed by atoms with E-state index in [-0.39, 0.29) is 63.5 Å². The normalized spacial score (nSPS) is 47.9. The molecule has 1 N–H and O–H groups in total. The van der Waals surface area contributed by atoms with E-state index in [4.69, 9.17) is 9.47 Å². The van der Waals surface area contributed by atoms with Crippen LogP contribution in [0.2, 0.25) is 0 Å². The highest BCUT2D eigenvalue weighted by Crippen LogP contribution is 2.77. The first-order valence-electron chi connectivity index (χ1n) is 16.1. The summed E-state index contributed by atoms with van der Waals surface area (Å²) < 4.78 is 11.4. The Kier molecular flexibility index (Phi) is 7.27. The molecule has 40 heavy (non-hydrogen) atoms. The fourth-order valence-corrected chi connectivity index (χ4v) is 12.6. The number of carbonyl (C=O) groups excluding carboxylic acids is 3. The van der Waals surface area contributed by atoms with Crippen molar-refractivity contribution >= 4 is 17.8 Å². The van der Waals surface area contributed by atoms with Gasteiger partial charge in [0.15, 0.2) is 0 Å². The number of rotatable bonds is 4.